The van der Waals surface area contributed by atoms with Crippen molar-refractivity contribution in [2.24, 2.45) is 0 Å². The maximum absolute atomic E-state index is 12.8. The molecule has 0 aromatic heterocycles. The Morgan fingerprint density at radius 3 is 2.23 bits per heavy atom. The van der Waals surface area contributed by atoms with Crippen LogP contribution in [0.15, 0.2) is 47.4 Å². The van der Waals surface area contributed by atoms with Crippen molar-refractivity contribution in [1.29, 1.82) is 0 Å². The molecule has 0 saturated heterocycles. The SMILES string of the molecule is Cc1c(Cl)cccc1N(CC(=O)O)S(=O)(=O)c1ccc(C(F)(F)F)cc1. The number of nitrogens with zero attached hydrogens (tertiary/aromatic N) is 1. The first-order valence-electron chi connectivity index (χ1n) is 7.11. The number of carbonyl (C=O) groups is 1. The third-order valence-electron chi connectivity index (χ3n) is 3.56. The lowest BCUT2D eigenvalue weighted by Gasteiger charge is -2.25. The van der Waals surface area contributed by atoms with E-state index in [0.29, 0.717) is 22.0 Å². The molecule has 1 N–H and O–H groups in total. The minimum atomic E-state index is -4.62. The summed E-state index contributed by atoms with van der Waals surface area (Å²) in [4.78, 5) is 10.7. The predicted octanol–water partition coefficient (Wildman–Crippen LogP) is 3.95. The number of hydrogen-bond donors (Lipinski definition) is 1. The van der Waals surface area contributed by atoms with Crippen molar-refractivity contribution in [2.45, 2.75) is 18.0 Å². The molecule has 0 saturated carbocycles. The number of carboxylic acid groups (broad SMARTS) is 1. The fourth-order valence-corrected chi connectivity index (χ4v) is 3.87. The summed E-state index contributed by atoms with van der Waals surface area (Å²) in [6.45, 7) is 0.597. The van der Waals surface area contributed by atoms with Crippen molar-refractivity contribution in [3.05, 3.63) is 58.6 Å². The van der Waals surface area contributed by atoms with Crippen LogP contribution in [0.1, 0.15) is 11.1 Å². The van der Waals surface area contributed by atoms with Crippen LogP contribution >= 0.6 is 11.6 Å². The molecular formula is C16H13ClF3NO4S. The zero-order valence-electron chi connectivity index (χ0n) is 13.3. The van der Waals surface area contributed by atoms with Crippen LogP contribution in [0.5, 0.6) is 0 Å². The topological polar surface area (TPSA) is 74.7 Å². The predicted molar refractivity (Wildman–Crippen MR) is 89.8 cm³/mol. The van der Waals surface area contributed by atoms with Crippen LogP contribution in [0.4, 0.5) is 18.9 Å². The molecule has 0 radical (unpaired) electrons. The number of benzene rings is 2. The summed E-state index contributed by atoms with van der Waals surface area (Å²) in [6, 6.07) is 7.13. The molecule has 0 bridgehead atoms. The molecule has 0 amide bonds. The number of carboxylic acids is 1. The molecule has 0 atom stereocenters. The molecule has 0 unspecified atom stereocenters. The summed E-state index contributed by atoms with van der Waals surface area (Å²) < 4.78 is 64.2. The normalized spacial score (nSPS) is 12.0. The molecule has 2 aromatic rings. The van der Waals surface area contributed by atoms with E-state index in [9.17, 15) is 26.4 Å². The van der Waals surface area contributed by atoms with E-state index in [1.54, 1.807) is 0 Å². The fourth-order valence-electron chi connectivity index (χ4n) is 2.23. The number of sulfonamides is 1. The average molecular weight is 408 g/mol. The van der Waals surface area contributed by atoms with Gasteiger partial charge in [0.2, 0.25) is 0 Å². The highest BCUT2D eigenvalue weighted by Crippen LogP contribution is 2.33. The molecule has 0 fully saturated rings. The van der Waals surface area contributed by atoms with Gasteiger partial charge in [-0.3, -0.25) is 9.10 Å². The quantitative estimate of drug-likeness (QED) is 0.814. The van der Waals surface area contributed by atoms with Crippen LogP contribution in [0.25, 0.3) is 0 Å². The summed E-state index contributed by atoms with van der Waals surface area (Å²) in [7, 11) is -4.42. The molecule has 140 valence electrons. The Bertz CT molecular complexity index is 928. The molecule has 0 aliphatic carbocycles. The van der Waals surface area contributed by atoms with Crippen LogP contribution in [-0.4, -0.2) is 26.0 Å². The summed E-state index contributed by atoms with van der Waals surface area (Å²) in [5, 5.41) is 9.30. The van der Waals surface area contributed by atoms with E-state index in [4.69, 9.17) is 16.7 Å². The van der Waals surface area contributed by atoms with E-state index in [1.165, 1.54) is 25.1 Å². The largest absolute Gasteiger partial charge is 0.480 e. The smallest absolute Gasteiger partial charge is 0.416 e. The highest BCUT2D eigenvalue weighted by Gasteiger charge is 2.32. The molecular weight excluding hydrogens is 395 g/mol. The highest BCUT2D eigenvalue weighted by atomic mass is 35.5. The van der Waals surface area contributed by atoms with Gasteiger partial charge in [0.25, 0.3) is 10.0 Å². The van der Waals surface area contributed by atoms with E-state index in [-0.39, 0.29) is 10.7 Å². The lowest BCUT2D eigenvalue weighted by atomic mass is 10.2. The fraction of sp³-hybridized carbons (Fsp3) is 0.188. The second kappa shape index (κ2) is 7.16. The molecule has 0 aliphatic rings. The third kappa shape index (κ3) is 4.10. The maximum atomic E-state index is 12.8. The van der Waals surface area contributed by atoms with Crippen molar-refractivity contribution >= 4 is 33.3 Å². The third-order valence-corrected chi connectivity index (χ3v) is 5.74. The van der Waals surface area contributed by atoms with Gasteiger partial charge in [0, 0.05) is 5.02 Å². The van der Waals surface area contributed by atoms with Crippen LogP contribution in [0, 0.1) is 6.92 Å². The van der Waals surface area contributed by atoms with Crippen LogP contribution in [0.3, 0.4) is 0 Å². The number of aliphatic carboxylic acids is 1. The zero-order chi connectivity index (χ0) is 19.7. The number of alkyl halides is 3. The summed E-state index contributed by atoms with van der Waals surface area (Å²) >= 11 is 5.97. The molecule has 0 heterocycles. The lowest BCUT2D eigenvalue weighted by Crippen LogP contribution is -2.36. The first-order valence-corrected chi connectivity index (χ1v) is 8.93. The van der Waals surface area contributed by atoms with Gasteiger partial charge in [-0.05, 0) is 48.9 Å². The van der Waals surface area contributed by atoms with E-state index in [2.05, 4.69) is 0 Å². The maximum Gasteiger partial charge on any atom is 0.416 e. The van der Waals surface area contributed by atoms with Crippen LogP contribution in [0.2, 0.25) is 5.02 Å². The summed E-state index contributed by atoms with van der Waals surface area (Å²) in [6.07, 6.45) is -4.62. The second-order valence-corrected chi connectivity index (χ2v) is 7.58. The minimum Gasteiger partial charge on any atom is -0.480 e. The molecule has 2 rings (SSSR count). The molecule has 2 aromatic carbocycles. The molecule has 26 heavy (non-hydrogen) atoms. The summed E-state index contributed by atoms with van der Waals surface area (Å²) in [5.74, 6) is -1.43. The molecule has 10 heteroatoms. The Kier molecular flexibility index (Phi) is 5.52. The van der Waals surface area contributed by atoms with Crippen LogP contribution < -0.4 is 4.31 Å². The molecule has 0 spiro atoms. The highest BCUT2D eigenvalue weighted by molar-refractivity contribution is 7.92. The van der Waals surface area contributed by atoms with E-state index >= 15 is 0 Å². The van der Waals surface area contributed by atoms with Gasteiger partial charge in [-0.1, -0.05) is 17.7 Å². The van der Waals surface area contributed by atoms with Gasteiger partial charge in [-0.2, -0.15) is 13.2 Å². The first-order chi connectivity index (χ1) is 11.9. The van der Waals surface area contributed by atoms with Crippen molar-refractivity contribution in [3.63, 3.8) is 0 Å². The van der Waals surface area contributed by atoms with Gasteiger partial charge in [0.1, 0.15) is 6.54 Å². The van der Waals surface area contributed by atoms with Crippen molar-refractivity contribution in [3.8, 4) is 0 Å². The van der Waals surface area contributed by atoms with Crippen molar-refractivity contribution < 1.29 is 31.5 Å². The monoisotopic (exact) mass is 407 g/mol. The van der Waals surface area contributed by atoms with Gasteiger partial charge in [0.15, 0.2) is 0 Å². The summed E-state index contributed by atoms with van der Waals surface area (Å²) in [5.41, 5.74) is -0.661. The Labute approximate surface area is 152 Å². The van der Waals surface area contributed by atoms with Gasteiger partial charge in [-0.15, -0.1) is 0 Å². The minimum absolute atomic E-state index is 0.0276. The molecule has 5 nitrogen and oxygen atoms in total. The number of hydrogen-bond acceptors (Lipinski definition) is 3. The van der Waals surface area contributed by atoms with Gasteiger partial charge in [-0.25, -0.2) is 8.42 Å². The number of halogens is 4. The molecule has 0 aliphatic heterocycles. The Hall–Kier alpha value is -2.26. The first kappa shape index (κ1) is 20.1. The van der Waals surface area contributed by atoms with Gasteiger partial charge < -0.3 is 5.11 Å². The van der Waals surface area contributed by atoms with Gasteiger partial charge in [0.05, 0.1) is 16.1 Å². The van der Waals surface area contributed by atoms with Crippen LogP contribution in [-0.2, 0) is 21.0 Å². The van der Waals surface area contributed by atoms with E-state index < -0.39 is 39.2 Å². The Morgan fingerprint density at radius 1 is 1.15 bits per heavy atom. The van der Waals surface area contributed by atoms with E-state index in [0.717, 1.165) is 12.1 Å². The second-order valence-electron chi connectivity index (χ2n) is 5.31. The number of anilines is 1. The average Bonchev–Trinajstić information content (AvgIpc) is 2.54. The Balaban J connectivity index is 2.56. The van der Waals surface area contributed by atoms with E-state index in [1.807, 2.05) is 0 Å². The number of rotatable bonds is 5. The standard InChI is InChI=1S/C16H13ClF3NO4S/c1-10-13(17)3-2-4-14(10)21(9-15(22)23)26(24,25)12-7-5-11(6-8-12)16(18,19)20/h2-8H,9H2,1H3,(H,22,23). The lowest BCUT2D eigenvalue weighted by molar-refractivity contribution is -0.137. The zero-order valence-corrected chi connectivity index (χ0v) is 14.9. The van der Waals surface area contributed by atoms with Gasteiger partial charge >= 0.3 is 12.1 Å². The van der Waals surface area contributed by atoms with Crippen molar-refractivity contribution in [2.75, 3.05) is 10.8 Å². The Morgan fingerprint density at radius 2 is 1.73 bits per heavy atom. The van der Waals surface area contributed by atoms with Crippen molar-refractivity contribution in [1.82, 2.24) is 0 Å².